The summed E-state index contributed by atoms with van der Waals surface area (Å²) < 4.78 is 10.4. The van der Waals surface area contributed by atoms with E-state index in [0.29, 0.717) is 37.4 Å². The lowest BCUT2D eigenvalue weighted by molar-refractivity contribution is 0.0513. The number of hydrogen-bond donors (Lipinski definition) is 3. The second kappa shape index (κ2) is 13.0. The predicted molar refractivity (Wildman–Crippen MR) is 134 cm³/mol. The van der Waals surface area contributed by atoms with E-state index in [2.05, 4.69) is 15.6 Å². The molecule has 0 saturated carbocycles. The normalized spacial score (nSPS) is 12.3. The van der Waals surface area contributed by atoms with Crippen molar-refractivity contribution in [2.75, 3.05) is 19.7 Å². The first-order valence-electron chi connectivity index (χ1n) is 12.1. The van der Waals surface area contributed by atoms with E-state index in [9.17, 15) is 14.4 Å². The number of rotatable bonds is 11. The molecule has 1 unspecified atom stereocenters. The fraction of sp³-hybridized carbons (Fsp3) is 0.538. The summed E-state index contributed by atoms with van der Waals surface area (Å²) in [5.74, 6) is -0.111. The van der Waals surface area contributed by atoms with Crippen molar-refractivity contribution in [1.82, 2.24) is 20.6 Å². The second-order valence-electron chi connectivity index (χ2n) is 9.61. The number of ether oxygens (including phenoxy) is 2. The molecule has 35 heavy (non-hydrogen) atoms. The molecule has 1 aromatic carbocycles. The minimum absolute atomic E-state index is 0.0662. The van der Waals surface area contributed by atoms with Crippen molar-refractivity contribution >= 4 is 12.1 Å². The van der Waals surface area contributed by atoms with Crippen LogP contribution in [0.5, 0.6) is 0 Å². The Morgan fingerprint density at radius 2 is 1.80 bits per heavy atom. The standard InChI is InChI=1S/C26H38N4O5/c1-7-34-24(32)20-19(16-18-12-9-8-10-13-18)29-22(30-23(20)31)21(17(2)3)27-14-11-15-28-25(33)35-26(4,5)6/h8-10,12-13,17,21,27H,7,11,14-16H2,1-6H3,(H,28,33)(H,29,30,31). The summed E-state index contributed by atoms with van der Waals surface area (Å²) in [5.41, 5.74) is 0.189. The number of hydrogen-bond acceptors (Lipinski definition) is 7. The van der Waals surface area contributed by atoms with Crippen LogP contribution in [-0.4, -0.2) is 47.3 Å². The van der Waals surface area contributed by atoms with Crippen LogP contribution in [0, 0.1) is 5.92 Å². The van der Waals surface area contributed by atoms with Crippen LogP contribution >= 0.6 is 0 Å². The molecule has 1 heterocycles. The van der Waals surface area contributed by atoms with Gasteiger partial charge in [0.1, 0.15) is 17.0 Å². The monoisotopic (exact) mass is 486 g/mol. The number of aromatic amines is 1. The van der Waals surface area contributed by atoms with Gasteiger partial charge in [0.2, 0.25) is 0 Å². The third-order valence-corrected chi connectivity index (χ3v) is 5.05. The number of carbonyl (C=O) groups excluding carboxylic acids is 2. The van der Waals surface area contributed by atoms with Gasteiger partial charge in [0.25, 0.3) is 5.56 Å². The maximum Gasteiger partial charge on any atom is 0.407 e. The maximum absolute atomic E-state index is 13.0. The van der Waals surface area contributed by atoms with Gasteiger partial charge in [-0.25, -0.2) is 14.6 Å². The van der Waals surface area contributed by atoms with Crippen LogP contribution in [0.1, 0.15) is 81.4 Å². The Morgan fingerprint density at radius 3 is 2.40 bits per heavy atom. The number of carbonyl (C=O) groups is 2. The van der Waals surface area contributed by atoms with Crippen molar-refractivity contribution in [2.45, 2.75) is 66.0 Å². The molecule has 1 atom stereocenters. The number of aromatic nitrogens is 2. The highest BCUT2D eigenvalue weighted by molar-refractivity contribution is 5.90. The van der Waals surface area contributed by atoms with Gasteiger partial charge in [0.15, 0.2) is 0 Å². The first-order chi connectivity index (χ1) is 16.5. The summed E-state index contributed by atoms with van der Waals surface area (Å²) in [6.07, 6.45) is 0.532. The number of esters is 1. The topological polar surface area (TPSA) is 122 Å². The lowest BCUT2D eigenvalue weighted by Crippen LogP contribution is -2.36. The molecule has 1 amide bonds. The van der Waals surface area contributed by atoms with Gasteiger partial charge in [-0.05, 0) is 52.1 Å². The largest absolute Gasteiger partial charge is 0.462 e. The van der Waals surface area contributed by atoms with E-state index in [1.807, 2.05) is 65.0 Å². The van der Waals surface area contributed by atoms with Crippen LogP contribution in [0.4, 0.5) is 4.79 Å². The van der Waals surface area contributed by atoms with E-state index in [1.54, 1.807) is 6.92 Å². The van der Waals surface area contributed by atoms with Gasteiger partial charge in [-0.3, -0.25) is 4.79 Å². The van der Waals surface area contributed by atoms with Crippen LogP contribution in [0.15, 0.2) is 35.1 Å². The highest BCUT2D eigenvalue weighted by Crippen LogP contribution is 2.20. The summed E-state index contributed by atoms with van der Waals surface area (Å²) in [4.78, 5) is 44.8. The fourth-order valence-corrected chi connectivity index (χ4v) is 3.52. The quantitative estimate of drug-likeness (QED) is 0.327. The average Bonchev–Trinajstić information content (AvgIpc) is 2.75. The van der Waals surface area contributed by atoms with Gasteiger partial charge in [0.05, 0.1) is 18.3 Å². The number of H-pyrrole nitrogens is 1. The maximum atomic E-state index is 13.0. The Hall–Kier alpha value is -3.20. The zero-order valence-electron chi connectivity index (χ0n) is 21.6. The third-order valence-electron chi connectivity index (χ3n) is 5.05. The van der Waals surface area contributed by atoms with Gasteiger partial charge in [-0.2, -0.15) is 0 Å². The molecule has 0 aliphatic heterocycles. The smallest absolute Gasteiger partial charge is 0.407 e. The molecule has 3 N–H and O–H groups in total. The van der Waals surface area contributed by atoms with Crippen LogP contribution in [-0.2, 0) is 15.9 Å². The van der Waals surface area contributed by atoms with E-state index in [-0.39, 0.29) is 24.1 Å². The minimum Gasteiger partial charge on any atom is -0.462 e. The Kier molecular flexibility index (Phi) is 10.4. The molecule has 0 fully saturated rings. The van der Waals surface area contributed by atoms with Gasteiger partial charge >= 0.3 is 12.1 Å². The van der Waals surface area contributed by atoms with Crippen LogP contribution in [0.2, 0.25) is 0 Å². The van der Waals surface area contributed by atoms with E-state index >= 15 is 0 Å². The second-order valence-corrected chi connectivity index (χ2v) is 9.61. The van der Waals surface area contributed by atoms with E-state index in [1.165, 1.54) is 0 Å². The molecule has 1 aromatic heterocycles. The lowest BCUT2D eigenvalue weighted by atomic mass is 10.0. The number of benzene rings is 1. The number of alkyl carbamates (subject to hydrolysis) is 1. The molecule has 9 nitrogen and oxygen atoms in total. The van der Waals surface area contributed by atoms with Gasteiger partial charge in [0, 0.05) is 13.0 Å². The molecule has 0 radical (unpaired) electrons. The number of amides is 1. The van der Waals surface area contributed by atoms with Crippen molar-refractivity contribution in [3.8, 4) is 0 Å². The summed E-state index contributed by atoms with van der Waals surface area (Å²) in [6.45, 7) is 12.4. The zero-order chi connectivity index (χ0) is 26.0. The SMILES string of the molecule is CCOC(=O)c1c(Cc2ccccc2)nc(C(NCCCNC(=O)OC(C)(C)C)C(C)C)[nH]c1=O. The summed E-state index contributed by atoms with van der Waals surface area (Å²) in [6, 6.07) is 9.30. The number of nitrogens with one attached hydrogen (secondary N) is 3. The van der Waals surface area contributed by atoms with Crippen molar-refractivity contribution in [1.29, 1.82) is 0 Å². The Morgan fingerprint density at radius 1 is 1.11 bits per heavy atom. The molecule has 192 valence electrons. The van der Waals surface area contributed by atoms with Crippen LogP contribution < -0.4 is 16.2 Å². The van der Waals surface area contributed by atoms with E-state index in [0.717, 1.165) is 5.56 Å². The highest BCUT2D eigenvalue weighted by atomic mass is 16.6. The molecule has 2 aromatic rings. The molecule has 0 aliphatic rings. The van der Waals surface area contributed by atoms with Crippen molar-refractivity contribution in [2.24, 2.45) is 5.92 Å². The first-order valence-corrected chi connectivity index (χ1v) is 12.1. The minimum atomic E-state index is -0.680. The Balaban J connectivity index is 2.18. The van der Waals surface area contributed by atoms with E-state index < -0.39 is 23.2 Å². The lowest BCUT2D eigenvalue weighted by Gasteiger charge is -2.23. The van der Waals surface area contributed by atoms with Crippen molar-refractivity contribution in [3.63, 3.8) is 0 Å². The predicted octanol–water partition coefficient (Wildman–Crippen LogP) is 3.74. The number of nitrogens with zero attached hydrogens (tertiary/aromatic N) is 1. The average molecular weight is 487 g/mol. The summed E-state index contributed by atoms with van der Waals surface area (Å²) in [7, 11) is 0. The molecular weight excluding hydrogens is 448 g/mol. The van der Waals surface area contributed by atoms with E-state index in [4.69, 9.17) is 14.5 Å². The molecular formula is C26H38N4O5. The van der Waals surface area contributed by atoms with Gasteiger partial charge < -0.3 is 25.1 Å². The third kappa shape index (κ3) is 9.16. The first kappa shape index (κ1) is 28.0. The molecule has 0 bridgehead atoms. The molecule has 0 spiro atoms. The summed E-state index contributed by atoms with van der Waals surface area (Å²) in [5, 5.41) is 6.14. The molecule has 9 heteroatoms. The van der Waals surface area contributed by atoms with Crippen molar-refractivity contribution in [3.05, 3.63) is 63.3 Å². The molecule has 2 rings (SSSR count). The fourth-order valence-electron chi connectivity index (χ4n) is 3.52. The van der Waals surface area contributed by atoms with Gasteiger partial charge in [-0.15, -0.1) is 0 Å². The Labute approximate surface area is 207 Å². The summed E-state index contributed by atoms with van der Waals surface area (Å²) >= 11 is 0. The zero-order valence-corrected chi connectivity index (χ0v) is 21.6. The van der Waals surface area contributed by atoms with Crippen LogP contribution in [0.3, 0.4) is 0 Å². The van der Waals surface area contributed by atoms with Crippen LogP contribution in [0.25, 0.3) is 0 Å². The highest BCUT2D eigenvalue weighted by Gasteiger charge is 2.25. The molecule has 0 aliphatic carbocycles. The van der Waals surface area contributed by atoms with Gasteiger partial charge in [-0.1, -0.05) is 44.2 Å². The molecule has 0 saturated heterocycles. The Bertz CT molecular complexity index is 1030. The van der Waals surface area contributed by atoms with Crippen molar-refractivity contribution < 1.29 is 19.1 Å².